The molecular weight excluding hydrogens is 248 g/mol. The van der Waals surface area contributed by atoms with Crippen LogP contribution in [0.1, 0.15) is 48.5 Å². The number of hydrogen-bond acceptors (Lipinski definition) is 5. The third-order valence-corrected chi connectivity index (χ3v) is 3.59. The fourth-order valence-corrected chi connectivity index (χ4v) is 2.46. The summed E-state index contributed by atoms with van der Waals surface area (Å²) in [7, 11) is 1.38. The Morgan fingerprint density at radius 1 is 1.44 bits per heavy atom. The van der Waals surface area contributed by atoms with Gasteiger partial charge in [0.2, 0.25) is 0 Å². The van der Waals surface area contributed by atoms with Crippen molar-refractivity contribution in [3.63, 3.8) is 0 Å². The summed E-state index contributed by atoms with van der Waals surface area (Å²) in [6.07, 6.45) is 3.61. The molecule has 0 amide bonds. The number of methoxy groups -OCH3 is 1. The van der Waals surface area contributed by atoms with Crippen molar-refractivity contribution >= 4 is 22.4 Å². The number of carbonyl (C=O) groups is 1. The van der Waals surface area contributed by atoms with E-state index in [9.17, 15) is 4.79 Å². The maximum absolute atomic E-state index is 11.4. The minimum Gasteiger partial charge on any atom is -0.464 e. The summed E-state index contributed by atoms with van der Waals surface area (Å²) in [6, 6.07) is 0. The van der Waals surface area contributed by atoms with Crippen LogP contribution in [0.15, 0.2) is 0 Å². The number of aromatic nitrogens is 1. The first kappa shape index (κ1) is 15.0. The largest absolute Gasteiger partial charge is 0.464 e. The Morgan fingerprint density at radius 2 is 2.17 bits per heavy atom. The van der Waals surface area contributed by atoms with Gasteiger partial charge >= 0.3 is 5.97 Å². The standard InChI is InChI=1S/C13H22N2O2S/c1-9(2)7-5-6-8-14-13-15-11(10(3)18-13)12(16)17-4/h9H,5-8H2,1-4H3,(H,14,15). The van der Waals surface area contributed by atoms with Gasteiger partial charge in [0.05, 0.1) is 7.11 Å². The number of unbranched alkanes of at least 4 members (excludes halogenated alkanes) is 1. The number of hydrogen-bond donors (Lipinski definition) is 1. The van der Waals surface area contributed by atoms with E-state index < -0.39 is 0 Å². The van der Waals surface area contributed by atoms with Crippen molar-refractivity contribution in [1.82, 2.24) is 4.98 Å². The summed E-state index contributed by atoms with van der Waals surface area (Å²) in [5, 5.41) is 4.06. The Labute approximate surface area is 113 Å². The number of nitrogens with zero attached hydrogens (tertiary/aromatic N) is 1. The number of carbonyl (C=O) groups excluding carboxylic acids is 1. The zero-order valence-corrected chi connectivity index (χ0v) is 12.4. The number of anilines is 1. The van der Waals surface area contributed by atoms with Crippen molar-refractivity contribution in [3.8, 4) is 0 Å². The smallest absolute Gasteiger partial charge is 0.357 e. The fourth-order valence-electron chi connectivity index (χ4n) is 1.63. The molecule has 0 aliphatic heterocycles. The molecule has 102 valence electrons. The van der Waals surface area contributed by atoms with Gasteiger partial charge in [0.15, 0.2) is 10.8 Å². The molecule has 0 aromatic carbocycles. The molecule has 4 nitrogen and oxygen atoms in total. The quantitative estimate of drug-likeness (QED) is 0.609. The Hall–Kier alpha value is -1.10. The van der Waals surface area contributed by atoms with E-state index in [-0.39, 0.29) is 5.97 Å². The maximum Gasteiger partial charge on any atom is 0.357 e. The molecule has 0 bridgehead atoms. The molecule has 0 spiro atoms. The topological polar surface area (TPSA) is 51.2 Å². The molecule has 18 heavy (non-hydrogen) atoms. The van der Waals surface area contributed by atoms with Gasteiger partial charge in [0, 0.05) is 11.4 Å². The van der Waals surface area contributed by atoms with E-state index in [0.717, 1.165) is 28.9 Å². The molecule has 0 unspecified atom stereocenters. The predicted molar refractivity (Wildman–Crippen MR) is 75.4 cm³/mol. The van der Waals surface area contributed by atoms with Crippen LogP contribution in [-0.4, -0.2) is 24.6 Å². The Morgan fingerprint density at radius 3 is 2.78 bits per heavy atom. The molecule has 0 aliphatic carbocycles. The second-order valence-corrected chi connectivity index (χ2v) is 5.93. The molecule has 0 fully saturated rings. The third-order valence-electron chi connectivity index (χ3n) is 2.66. The highest BCUT2D eigenvalue weighted by Gasteiger charge is 2.15. The SMILES string of the molecule is COC(=O)c1nc(NCCCCC(C)C)sc1C. The molecule has 0 saturated carbocycles. The lowest BCUT2D eigenvalue weighted by atomic mass is 10.1. The molecule has 1 aromatic heterocycles. The lowest BCUT2D eigenvalue weighted by Gasteiger charge is -2.04. The van der Waals surface area contributed by atoms with Crippen molar-refractivity contribution in [3.05, 3.63) is 10.6 Å². The summed E-state index contributed by atoms with van der Waals surface area (Å²) in [5.74, 6) is 0.398. The number of esters is 1. The molecule has 5 heteroatoms. The van der Waals surface area contributed by atoms with E-state index in [1.165, 1.54) is 31.3 Å². The number of ether oxygens (including phenoxy) is 1. The molecule has 1 rings (SSSR count). The average molecular weight is 270 g/mol. The van der Waals surface area contributed by atoms with Crippen LogP contribution < -0.4 is 5.32 Å². The predicted octanol–water partition coefficient (Wildman–Crippen LogP) is 3.48. The monoisotopic (exact) mass is 270 g/mol. The summed E-state index contributed by atoms with van der Waals surface area (Å²) < 4.78 is 4.68. The van der Waals surface area contributed by atoms with Gasteiger partial charge in [-0.3, -0.25) is 0 Å². The van der Waals surface area contributed by atoms with E-state index in [0.29, 0.717) is 5.69 Å². The lowest BCUT2D eigenvalue weighted by molar-refractivity contribution is 0.0594. The van der Waals surface area contributed by atoms with Crippen molar-refractivity contribution < 1.29 is 9.53 Å². The normalized spacial score (nSPS) is 10.7. The summed E-state index contributed by atoms with van der Waals surface area (Å²) in [4.78, 5) is 16.5. The number of aryl methyl sites for hydroxylation is 1. The molecule has 0 saturated heterocycles. The lowest BCUT2D eigenvalue weighted by Crippen LogP contribution is -2.05. The summed E-state index contributed by atoms with van der Waals surface area (Å²) >= 11 is 1.50. The van der Waals surface area contributed by atoms with Crippen LogP contribution in [0.3, 0.4) is 0 Å². The van der Waals surface area contributed by atoms with Crippen molar-refractivity contribution in [2.75, 3.05) is 19.0 Å². The van der Waals surface area contributed by atoms with E-state index in [4.69, 9.17) is 0 Å². The van der Waals surface area contributed by atoms with Gasteiger partial charge in [0.25, 0.3) is 0 Å². The van der Waals surface area contributed by atoms with Gasteiger partial charge in [-0.2, -0.15) is 0 Å². The molecule has 1 heterocycles. The van der Waals surface area contributed by atoms with Gasteiger partial charge in [-0.25, -0.2) is 9.78 Å². The molecule has 0 atom stereocenters. The fraction of sp³-hybridized carbons (Fsp3) is 0.692. The highest BCUT2D eigenvalue weighted by Crippen LogP contribution is 2.22. The molecular formula is C13H22N2O2S. The van der Waals surface area contributed by atoms with E-state index >= 15 is 0 Å². The van der Waals surface area contributed by atoms with Crippen LogP contribution >= 0.6 is 11.3 Å². The zero-order valence-electron chi connectivity index (χ0n) is 11.6. The molecule has 0 aliphatic rings. The first-order valence-corrected chi connectivity index (χ1v) is 7.15. The van der Waals surface area contributed by atoms with Gasteiger partial charge < -0.3 is 10.1 Å². The van der Waals surface area contributed by atoms with E-state index in [1.54, 1.807) is 0 Å². The third kappa shape index (κ3) is 4.64. The van der Waals surface area contributed by atoms with Crippen LogP contribution in [-0.2, 0) is 4.74 Å². The molecule has 1 aromatic rings. The maximum atomic E-state index is 11.4. The molecule has 0 radical (unpaired) electrons. The van der Waals surface area contributed by atoms with Crippen LogP contribution in [0.25, 0.3) is 0 Å². The number of nitrogens with one attached hydrogen (secondary N) is 1. The first-order valence-electron chi connectivity index (χ1n) is 6.34. The minimum absolute atomic E-state index is 0.364. The number of rotatable bonds is 7. The second kappa shape index (κ2) is 7.36. The highest BCUT2D eigenvalue weighted by molar-refractivity contribution is 7.15. The van der Waals surface area contributed by atoms with E-state index in [2.05, 4.69) is 28.9 Å². The van der Waals surface area contributed by atoms with Gasteiger partial charge in [-0.05, 0) is 19.3 Å². The van der Waals surface area contributed by atoms with Crippen LogP contribution in [0.5, 0.6) is 0 Å². The van der Waals surface area contributed by atoms with Crippen molar-refractivity contribution in [1.29, 1.82) is 0 Å². The van der Waals surface area contributed by atoms with Gasteiger partial charge in [0.1, 0.15) is 0 Å². The summed E-state index contributed by atoms with van der Waals surface area (Å²) in [5.41, 5.74) is 0.423. The van der Waals surface area contributed by atoms with Crippen LogP contribution in [0, 0.1) is 12.8 Å². The van der Waals surface area contributed by atoms with Gasteiger partial charge in [-0.15, -0.1) is 11.3 Å². The minimum atomic E-state index is -0.364. The zero-order chi connectivity index (χ0) is 13.5. The van der Waals surface area contributed by atoms with Gasteiger partial charge in [-0.1, -0.05) is 26.7 Å². The summed E-state index contributed by atoms with van der Waals surface area (Å²) in [6.45, 7) is 7.26. The highest BCUT2D eigenvalue weighted by atomic mass is 32.1. The Kier molecular flexibility index (Phi) is 6.12. The first-order chi connectivity index (χ1) is 8.54. The number of thiazole rings is 1. The molecule has 1 N–H and O–H groups in total. The Balaban J connectivity index is 2.37. The second-order valence-electron chi connectivity index (χ2n) is 4.73. The van der Waals surface area contributed by atoms with Crippen LogP contribution in [0.4, 0.5) is 5.13 Å². The van der Waals surface area contributed by atoms with Crippen molar-refractivity contribution in [2.24, 2.45) is 5.92 Å². The Bertz CT molecular complexity index is 388. The van der Waals surface area contributed by atoms with E-state index in [1.807, 2.05) is 6.92 Å². The average Bonchev–Trinajstić information content (AvgIpc) is 2.69. The van der Waals surface area contributed by atoms with Crippen LogP contribution in [0.2, 0.25) is 0 Å². The van der Waals surface area contributed by atoms with Crippen molar-refractivity contribution in [2.45, 2.75) is 40.0 Å².